The summed E-state index contributed by atoms with van der Waals surface area (Å²) in [4.78, 5) is 5.35. The Morgan fingerprint density at radius 1 is 1.60 bits per heavy atom. The maximum atomic E-state index is 4.11. The number of halogens is 1. The summed E-state index contributed by atoms with van der Waals surface area (Å²) in [7, 11) is 0. The predicted molar refractivity (Wildman–Crippen MR) is 48.5 cm³/mol. The largest absolute Gasteiger partial charge is 0.248 e. The minimum atomic E-state index is 0.905. The van der Waals surface area contributed by atoms with Gasteiger partial charge in [0.05, 0.1) is 0 Å². The Balaban J connectivity index is 3.07. The second-order valence-electron chi connectivity index (χ2n) is 1.98. The number of hydrogen-bond donors (Lipinski definition) is 0. The third-order valence-corrected chi connectivity index (χ3v) is 2.55. The van der Waals surface area contributed by atoms with Gasteiger partial charge >= 0.3 is 0 Å². The van der Waals surface area contributed by atoms with Crippen LogP contribution in [0.15, 0.2) is 21.8 Å². The van der Waals surface area contributed by atoms with E-state index >= 15 is 0 Å². The molecule has 0 spiro atoms. The van der Waals surface area contributed by atoms with Crippen LogP contribution in [-0.4, -0.2) is 11.2 Å². The summed E-state index contributed by atoms with van der Waals surface area (Å²) in [6, 6.07) is 2.02. The highest BCUT2D eigenvalue weighted by molar-refractivity contribution is 9.10. The van der Waals surface area contributed by atoms with Crippen LogP contribution in [0, 0.1) is 6.92 Å². The Hall–Kier alpha value is -0.0200. The van der Waals surface area contributed by atoms with Crippen molar-refractivity contribution >= 4 is 27.7 Å². The first-order valence-corrected chi connectivity index (χ1v) is 4.92. The van der Waals surface area contributed by atoms with Crippen LogP contribution in [0.25, 0.3) is 0 Å². The summed E-state index contributed by atoms with van der Waals surface area (Å²) in [5.41, 5.74) is 1.27. The van der Waals surface area contributed by atoms with E-state index < -0.39 is 0 Å². The Labute approximate surface area is 73.4 Å². The lowest BCUT2D eigenvalue weighted by molar-refractivity contribution is 1.15. The number of hydrogen-bond acceptors (Lipinski definition) is 2. The molecule has 10 heavy (non-hydrogen) atoms. The van der Waals surface area contributed by atoms with Gasteiger partial charge in [0.2, 0.25) is 0 Å². The molecule has 0 aliphatic heterocycles. The summed E-state index contributed by atoms with van der Waals surface area (Å²) in [6.45, 7) is 2.08. The van der Waals surface area contributed by atoms with Gasteiger partial charge in [-0.1, -0.05) is 0 Å². The Bertz CT molecular complexity index is 237. The van der Waals surface area contributed by atoms with Crippen LogP contribution in [0.5, 0.6) is 0 Å². The molecule has 0 atom stereocenters. The van der Waals surface area contributed by atoms with Crippen molar-refractivity contribution < 1.29 is 0 Å². The van der Waals surface area contributed by atoms with Crippen LogP contribution in [-0.2, 0) is 0 Å². The predicted octanol–water partition coefficient (Wildman–Crippen LogP) is 2.87. The van der Waals surface area contributed by atoms with Gasteiger partial charge in [-0.3, -0.25) is 0 Å². The second kappa shape index (κ2) is 3.39. The van der Waals surface area contributed by atoms with Gasteiger partial charge in [0.25, 0.3) is 0 Å². The first-order valence-electron chi connectivity index (χ1n) is 2.90. The molecule has 1 rings (SSSR count). The van der Waals surface area contributed by atoms with Crippen molar-refractivity contribution in [1.29, 1.82) is 0 Å². The molecule has 54 valence electrons. The van der Waals surface area contributed by atoms with E-state index in [-0.39, 0.29) is 0 Å². The smallest absolute Gasteiger partial charge is 0.106 e. The average molecular weight is 218 g/mol. The molecular formula is C7H8BrNS. The number of rotatable bonds is 1. The average Bonchev–Trinajstić information content (AvgIpc) is 1.88. The highest BCUT2D eigenvalue weighted by Crippen LogP contribution is 2.20. The molecule has 3 heteroatoms. The van der Waals surface area contributed by atoms with E-state index in [0.29, 0.717) is 0 Å². The topological polar surface area (TPSA) is 12.9 Å². The number of thioether (sulfide) groups is 1. The van der Waals surface area contributed by atoms with E-state index in [2.05, 4.69) is 34.1 Å². The molecule has 0 saturated carbocycles. The molecule has 0 amide bonds. The van der Waals surface area contributed by atoms with Gasteiger partial charge in [-0.15, -0.1) is 11.8 Å². The molecule has 1 aromatic rings. The maximum Gasteiger partial charge on any atom is 0.106 e. The summed E-state index contributed by atoms with van der Waals surface area (Å²) in [5.74, 6) is 0. The third kappa shape index (κ3) is 1.73. The van der Waals surface area contributed by atoms with Gasteiger partial charge in [-0.05, 0) is 40.7 Å². The number of pyridine rings is 1. The maximum absolute atomic E-state index is 4.11. The zero-order valence-electron chi connectivity index (χ0n) is 5.89. The van der Waals surface area contributed by atoms with Gasteiger partial charge < -0.3 is 0 Å². The van der Waals surface area contributed by atoms with E-state index in [4.69, 9.17) is 0 Å². The summed E-state index contributed by atoms with van der Waals surface area (Å²) in [6.07, 6.45) is 3.93. The van der Waals surface area contributed by atoms with Crippen molar-refractivity contribution in [2.24, 2.45) is 0 Å². The molecule has 1 aromatic heterocycles. The lowest BCUT2D eigenvalue weighted by Gasteiger charge is -1.99. The van der Waals surface area contributed by atoms with Gasteiger partial charge in [0.1, 0.15) is 4.60 Å². The normalized spacial score (nSPS) is 9.90. The van der Waals surface area contributed by atoms with Crippen molar-refractivity contribution in [3.05, 3.63) is 22.4 Å². The molecule has 0 aliphatic carbocycles. The summed E-state index contributed by atoms with van der Waals surface area (Å²) in [5, 5.41) is 0. The Morgan fingerprint density at radius 2 is 2.30 bits per heavy atom. The molecule has 0 fully saturated rings. The molecule has 0 radical (unpaired) electrons. The van der Waals surface area contributed by atoms with Crippen LogP contribution in [0.1, 0.15) is 5.56 Å². The van der Waals surface area contributed by atoms with E-state index in [1.54, 1.807) is 11.8 Å². The Morgan fingerprint density at radius 3 is 2.80 bits per heavy atom. The van der Waals surface area contributed by atoms with Crippen LogP contribution in [0.4, 0.5) is 0 Å². The monoisotopic (exact) mass is 217 g/mol. The lowest BCUT2D eigenvalue weighted by Crippen LogP contribution is -1.81. The molecule has 0 N–H and O–H groups in total. The number of aryl methyl sites for hydroxylation is 1. The van der Waals surface area contributed by atoms with E-state index in [1.165, 1.54) is 10.5 Å². The molecule has 0 saturated heterocycles. The molecular weight excluding hydrogens is 210 g/mol. The van der Waals surface area contributed by atoms with Crippen molar-refractivity contribution in [3.8, 4) is 0 Å². The fourth-order valence-electron chi connectivity index (χ4n) is 0.723. The first-order chi connectivity index (χ1) is 4.74. The molecule has 0 unspecified atom stereocenters. The molecule has 0 aliphatic rings. The minimum absolute atomic E-state index is 0.905. The Kier molecular flexibility index (Phi) is 2.74. The lowest BCUT2D eigenvalue weighted by atomic mass is 10.3. The van der Waals surface area contributed by atoms with Crippen molar-refractivity contribution in [2.75, 3.05) is 6.26 Å². The second-order valence-corrected chi connectivity index (χ2v) is 3.64. The molecule has 1 heterocycles. The summed E-state index contributed by atoms with van der Waals surface area (Å²) < 4.78 is 0.905. The quantitative estimate of drug-likeness (QED) is 0.531. The molecule has 1 nitrogen and oxygen atoms in total. The zero-order chi connectivity index (χ0) is 7.56. The fraction of sp³-hybridized carbons (Fsp3) is 0.286. The van der Waals surface area contributed by atoms with Crippen molar-refractivity contribution in [1.82, 2.24) is 4.98 Å². The third-order valence-electron chi connectivity index (χ3n) is 1.25. The van der Waals surface area contributed by atoms with Crippen molar-refractivity contribution in [3.63, 3.8) is 0 Å². The van der Waals surface area contributed by atoms with Crippen LogP contribution >= 0.6 is 27.7 Å². The minimum Gasteiger partial charge on any atom is -0.248 e. The number of aromatic nitrogens is 1. The van der Waals surface area contributed by atoms with Gasteiger partial charge in [-0.2, -0.15) is 0 Å². The number of nitrogens with zero attached hydrogens (tertiary/aromatic N) is 1. The SMILES string of the molecule is CSc1cnc(Br)cc1C. The van der Waals surface area contributed by atoms with E-state index in [0.717, 1.165) is 4.60 Å². The highest BCUT2D eigenvalue weighted by Gasteiger charge is 1.96. The van der Waals surface area contributed by atoms with E-state index in [1.807, 2.05) is 12.3 Å². The van der Waals surface area contributed by atoms with E-state index in [9.17, 15) is 0 Å². The summed E-state index contributed by atoms with van der Waals surface area (Å²) >= 11 is 5.03. The van der Waals surface area contributed by atoms with Crippen LogP contribution in [0.3, 0.4) is 0 Å². The zero-order valence-corrected chi connectivity index (χ0v) is 8.29. The standard InChI is InChI=1S/C7H8BrNS/c1-5-3-7(8)9-4-6(5)10-2/h3-4H,1-2H3. The molecule has 0 aromatic carbocycles. The van der Waals surface area contributed by atoms with Gasteiger partial charge in [0.15, 0.2) is 0 Å². The fourth-order valence-corrected chi connectivity index (χ4v) is 1.71. The van der Waals surface area contributed by atoms with Crippen LogP contribution < -0.4 is 0 Å². The van der Waals surface area contributed by atoms with Gasteiger partial charge in [-0.25, -0.2) is 4.98 Å². The first kappa shape index (κ1) is 8.08. The van der Waals surface area contributed by atoms with Gasteiger partial charge in [0, 0.05) is 11.1 Å². The molecule has 0 bridgehead atoms. The van der Waals surface area contributed by atoms with Crippen molar-refractivity contribution in [2.45, 2.75) is 11.8 Å². The highest BCUT2D eigenvalue weighted by atomic mass is 79.9. The van der Waals surface area contributed by atoms with Crippen LogP contribution in [0.2, 0.25) is 0 Å².